The minimum Gasteiger partial charge on any atom is -0.497 e. The molecule has 3 aromatic rings. The Morgan fingerprint density at radius 2 is 1.62 bits per heavy atom. The Morgan fingerprint density at radius 3 is 2.19 bits per heavy atom. The summed E-state index contributed by atoms with van der Waals surface area (Å²) in [6.45, 7) is 3.12. The van der Waals surface area contributed by atoms with Crippen LogP contribution in [0.1, 0.15) is 31.4 Å². The molecule has 0 heterocycles. The minimum atomic E-state index is -4.01. The summed E-state index contributed by atoms with van der Waals surface area (Å²) < 4.78 is 51.5. The van der Waals surface area contributed by atoms with Gasteiger partial charge in [0.15, 0.2) is 0 Å². The quantitative estimate of drug-likeness (QED) is 0.298. The zero-order valence-corrected chi connectivity index (χ0v) is 25.4. The predicted molar refractivity (Wildman–Crippen MR) is 161 cm³/mol. The summed E-state index contributed by atoms with van der Waals surface area (Å²) in [6, 6.07) is 18.3. The third-order valence-corrected chi connectivity index (χ3v) is 8.00. The first-order chi connectivity index (χ1) is 20.0. The van der Waals surface area contributed by atoms with E-state index in [1.807, 2.05) is 44.2 Å². The monoisotopic (exact) mass is 599 g/mol. The van der Waals surface area contributed by atoms with Crippen LogP contribution >= 0.6 is 0 Å². The number of anilines is 1. The van der Waals surface area contributed by atoms with Gasteiger partial charge in [-0.2, -0.15) is 0 Å². The van der Waals surface area contributed by atoms with Crippen LogP contribution in [0.3, 0.4) is 0 Å². The summed E-state index contributed by atoms with van der Waals surface area (Å²) >= 11 is 0. The zero-order chi connectivity index (χ0) is 30.9. The highest BCUT2D eigenvalue weighted by Crippen LogP contribution is 2.34. The molecule has 0 radical (unpaired) electrons. The van der Waals surface area contributed by atoms with Crippen LogP contribution in [0.4, 0.5) is 10.1 Å². The van der Waals surface area contributed by atoms with Crippen molar-refractivity contribution in [1.29, 1.82) is 0 Å². The van der Waals surface area contributed by atoms with E-state index in [-0.39, 0.29) is 36.4 Å². The van der Waals surface area contributed by atoms with E-state index in [0.717, 1.165) is 16.1 Å². The molecule has 1 N–H and O–H groups in total. The maximum absolute atomic E-state index is 14.2. The number of benzene rings is 3. The number of sulfonamides is 1. The Labute approximate surface area is 247 Å². The van der Waals surface area contributed by atoms with Gasteiger partial charge in [-0.05, 0) is 48.7 Å². The van der Waals surface area contributed by atoms with E-state index < -0.39 is 34.3 Å². The van der Waals surface area contributed by atoms with Crippen LogP contribution in [0.25, 0.3) is 0 Å². The van der Waals surface area contributed by atoms with Gasteiger partial charge in [-0.15, -0.1) is 0 Å². The van der Waals surface area contributed by atoms with E-state index in [0.29, 0.717) is 17.7 Å². The van der Waals surface area contributed by atoms with Crippen LogP contribution in [0, 0.1) is 5.82 Å². The Hall–Kier alpha value is -4.12. The van der Waals surface area contributed by atoms with E-state index in [4.69, 9.17) is 9.47 Å². The summed E-state index contributed by atoms with van der Waals surface area (Å²) in [7, 11) is -1.18. The number of methoxy groups -OCH3 is 2. The highest BCUT2D eigenvalue weighted by atomic mass is 32.2. The summed E-state index contributed by atoms with van der Waals surface area (Å²) in [4.78, 5) is 29.2. The standard InChI is InChI=1S/C31H38FN3O6S/c1-6-22(2)33-31(37)28(18-23-10-8-7-9-11-23)34(20-24-12-14-25(32)15-13-24)30(36)21-35(42(5,38)39)27-19-26(40-3)16-17-29(27)41-4/h7-17,19,22,28H,6,18,20-21H2,1-5H3,(H,33,37)/t22-,28+/m0/s1. The van der Waals surface area contributed by atoms with Crippen LogP contribution < -0.4 is 19.1 Å². The van der Waals surface area contributed by atoms with Crippen molar-refractivity contribution in [3.8, 4) is 11.5 Å². The van der Waals surface area contributed by atoms with Gasteiger partial charge in [-0.1, -0.05) is 49.4 Å². The van der Waals surface area contributed by atoms with E-state index in [1.54, 1.807) is 12.1 Å². The van der Waals surface area contributed by atoms with Crippen molar-refractivity contribution >= 4 is 27.5 Å². The molecule has 11 heteroatoms. The van der Waals surface area contributed by atoms with Gasteiger partial charge in [0.05, 0.1) is 26.2 Å². The van der Waals surface area contributed by atoms with Gasteiger partial charge in [0.1, 0.15) is 29.9 Å². The zero-order valence-electron chi connectivity index (χ0n) is 24.5. The fraction of sp³-hybridized carbons (Fsp3) is 0.355. The minimum absolute atomic E-state index is 0.0581. The topological polar surface area (TPSA) is 105 Å². The first kappa shape index (κ1) is 32.4. The Balaban J connectivity index is 2.11. The molecule has 0 unspecified atom stereocenters. The molecule has 0 saturated heterocycles. The second kappa shape index (κ2) is 14.7. The molecular weight excluding hydrogens is 561 g/mol. The number of nitrogens with zero attached hydrogens (tertiary/aromatic N) is 2. The van der Waals surface area contributed by atoms with Crippen LogP contribution in [0.5, 0.6) is 11.5 Å². The van der Waals surface area contributed by atoms with Crippen LogP contribution in [-0.4, -0.2) is 64.2 Å². The Morgan fingerprint density at radius 1 is 0.952 bits per heavy atom. The lowest BCUT2D eigenvalue weighted by Gasteiger charge is -2.34. The Kier molecular flexibility index (Phi) is 11.3. The third-order valence-electron chi connectivity index (χ3n) is 6.87. The average molecular weight is 600 g/mol. The second-order valence-corrected chi connectivity index (χ2v) is 11.9. The van der Waals surface area contributed by atoms with Gasteiger partial charge in [-0.3, -0.25) is 13.9 Å². The number of hydrogen-bond donors (Lipinski definition) is 1. The van der Waals surface area contributed by atoms with Gasteiger partial charge in [-0.25, -0.2) is 12.8 Å². The molecule has 0 aliphatic heterocycles. The van der Waals surface area contributed by atoms with Gasteiger partial charge in [0, 0.05) is 25.1 Å². The van der Waals surface area contributed by atoms with Gasteiger partial charge < -0.3 is 19.7 Å². The van der Waals surface area contributed by atoms with Crippen molar-refractivity contribution in [2.75, 3.05) is 31.3 Å². The summed E-state index contributed by atoms with van der Waals surface area (Å²) in [5, 5.41) is 2.97. The first-order valence-electron chi connectivity index (χ1n) is 13.5. The summed E-state index contributed by atoms with van der Waals surface area (Å²) in [5.41, 5.74) is 1.50. The van der Waals surface area contributed by atoms with Gasteiger partial charge in [0.2, 0.25) is 21.8 Å². The smallest absolute Gasteiger partial charge is 0.244 e. The molecule has 0 fully saturated rings. The van der Waals surface area contributed by atoms with Crippen LogP contribution in [-0.2, 0) is 32.6 Å². The lowest BCUT2D eigenvalue weighted by Crippen LogP contribution is -2.54. The molecule has 3 aromatic carbocycles. The number of amides is 2. The molecule has 2 amide bonds. The molecule has 9 nitrogen and oxygen atoms in total. The fourth-order valence-electron chi connectivity index (χ4n) is 4.37. The SMILES string of the molecule is CC[C@H](C)NC(=O)[C@@H](Cc1ccccc1)N(Cc1ccc(F)cc1)C(=O)CN(c1cc(OC)ccc1OC)S(C)(=O)=O. The van der Waals surface area contributed by atoms with E-state index in [9.17, 15) is 22.4 Å². The molecule has 0 saturated carbocycles. The number of hydrogen-bond acceptors (Lipinski definition) is 6. The molecule has 42 heavy (non-hydrogen) atoms. The van der Waals surface area contributed by atoms with E-state index in [2.05, 4.69) is 5.32 Å². The summed E-state index contributed by atoms with van der Waals surface area (Å²) in [6.07, 6.45) is 1.84. The largest absolute Gasteiger partial charge is 0.497 e. The molecule has 0 spiro atoms. The maximum atomic E-state index is 14.2. The van der Waals surface area contributed by atoms with Crippen molar-refractivity contribution in [2.45, 2.75) is 45.3 Å². The molecule has 0 aliphatic carbocycles. The van der Waals surface area contributed by atoms with Crippen LogP contribution in [0.2, 0.25) is 0 Å². The third kappa shape index (κ3) is 8.69. The highest BCUT2D eigenvalue weighted by Gasteiger charge is 2.34. The molecular formula is C31H38FN3O6S. The number of ether oxygens (including phenoxy) is 2. The number of carbonyl (C=O) groups is 2. The van der Waals surface area contributed by atoms with Crippen molar-refractivity contribution in [1.82, 2.24) is 10.2 Å². The number of halogens is 1. The predicted octanol–water partition coefficient (Wildman–Crippen LogP) is 4.16. The van der Waals surface area contributed by atoms with Gasteiger partial charge in [0.25, 0.3) is 0 Å². The molecule has 0 bridgehead atoms. The second-order valence-electron chi connectivity index (χ2n) is 9.98. The Bertz CT molecular complexity index is 1450. The lowest BCUT2D eigenvalue weighted by molar-refractivity contribution is -0.140. The summed E-state index contributed by atoms with van der Waals surface area (Å²) in [5.74, 6) is -0.872. The molecule has 3 rings (SSSR count). The molecule has 0 aliphatic rings. The molecule has 226 valence electrons. The molecule has 0 aromatic heterocycles. The number of rotatable bonds is 14. The van der Waals surface area contributed by atoms with Gasteiger partial charge >= 0.3 is 0 Å². The maximum Gasteiger partial charge on any atom is 0.244 e. The van der Waals surface area contributed by atoms with Crippen molar-refractivity contribution in [3.05, 3.63) is 89.7 Å². The number of carbonyl (C=O) groups excluding carboxylic acids is 2. The van der Waals surface area contributed by atoms with Crippen LogP contribution in [0.15, 0.2) is 72.8 Å². The normalized spacial score (nSPS) is 12.6. The fourth-order valence-corrected chi connectivity index (χ4v) is 5.21. The van der Waals surface area contributed by atoms with Crippen molar-refractivity contribution < 1.29 is 31.9 Å². The van der Waals surface area contributed by atoms with Crippen molar-refractivity contribution in [2.24, 2.45) is 0 Å². The van der Waals surface area contributed by atoms with E-state index >= 15 is 0 Å². The number of nitrogens with one attached hydrogen (secondary N) is 1. The molecule has 2 atom stereocenters. The highest BCUT2D eigenvalue weighted by molar-refractivity contribution is 7.92. The van der Waals surface area contributed by atoms with E-state index in [1.165, 1.54) is 49.5 Å². The lowest BCUT2D eigenvalue weighted by atomic mass is 10.0. The first-order valence-corrected chi connectivity index (χ1v) is 15.4. The average Bonchev–Trinajstić information content (AvgIpc) is 2.97. The van der Waals surface area contributed by atoms with Crippen molar-refractivity contribution in [3.63, 3.8) is 0 Å².